The number of fused-ring (bicyclic) bond motifs is 1. The second kappa shape index (κ2) is 5.52. The van der Waals surface area contributed by atoms with Crippen molar-refractivity contribution < 1.29 is 9.47 Å². The molecule has 2 aromatic carbocycles. The first-order valence-corrected chi connectivity index (χ1v) is 6.33. The molecule has 2 nitrogen and oxygen atoms in total. The molecule has 2 rings (SSSR count). The fourth-order valence-electron chi connectivity index (χ4n) is 1.77. The van der Waals surface area contributed by atoms with E-state index in [9.17, 15) is 0 Å². The quantitative estimate of drug-likeness (QED) is 0.848. The molecule has 0 saturated carbocycles. The van der Waals surface area contributed by atoms with Gasteiger partial charge in [-0.2, -0.15) is 0 Å². The predicted octanol–water partition coefficient (Wildman–Crippen LogP) is 4.02. The van der Waals surface area contributed by atoms with Crippen LogP contribution in [-0.2, 0) is 4.74 Å². The summed E-state index contributed by atoms with van der Waals surface area (Å²) in [4.78, 5) is 0. The Morgan fingerprint density at radius 3 is 2.59 bits per heavy atom. The lowest BCUT2D eigenvalue weighted by molar-refractivity contribution is 0.0922. The van der Waals surface area contributed by atoms with Crippen LogP contribution in [0.4, 0.5) is 0 Å². The number of hydrogen-bond acceptors (Lipinski definition) is 2. The lowest BCUT2D eigenvalue weighted by Gasteiger charge is -2.14. The summed E-state index contributed by atoms with van der Waals surface area (Å²) >= 11 is 3.46. The van der Waals surface area contributed by atoms with Crippen LogP contribution in [0.5, 0.6) is 5.75 Å². The van der Waals surface area contributed by atoms with Crippen molar-refractivity contribution >= 4 is 26.7 Å². The summed E-state index contributed by atoms with van der Waals surface area (Å²) in [5, 5.41) is 2.38. The summed E-state index contributed by atoms with van der Waals surface area (Å²) in [6.07, 6.45) is 0.0629. The summed E-state index contributed by atoms with van der Waals surface area (Å²) in [5.74, 6) is 0.879. The topological polar surface area (TPSA) is 18.5 Å². The van der Waals surface area contributed by atoms with Crippen molar-refractivity contribution in [3.63, 3.8) is 0 Å². The first-order chi connectivity index (χ1) is 8.19. The summed E-state index contributed by atoms with van der Waals surface area (Å²) in [7, 11) is 1.68. The second-order valence-electron chi connectivity index (χ2n) is 4.04. The van der Waals surface area contributed by atoms with Crippen molar-refractivity contribution in [2.24, 2.45) is 0 Å². The third-order valence-electron chi connectivity index (χ3n) is 2.51. The monoisotopic (exact) mass is 294 g/mol. The maximum Gasteiger partial charge on any atom is 0.120 e. The number of benzene rings is 2. The lowest BCUT2D eigenvalue weighted by atomic mass is 10.1. The fourth-order valence-corrected chi connectivity index (χ4v) is 2.15. The number of hydrogen-bond donors (Lipinski definition) is 0. The normalized spacial score (nSPS) is 12.6. The molecule has 0 saturated heterocycles. The molecule has 0 aliphatic carbocycles. The predicted molar refractivity (Wildman–Crippen MR) is 73.6 cm³/mol. The van der Waals surface area contributed by atoms with Crippen LogP contribution in [0.25, 0.3) is 10.8 Å². The Hall–Kier alpha value is -1.06. The Kier molecular flexibility index (Phi) is 4.02. The molecule has 0 bridgehead atoms. The van der Waals surface area contributed by atoms with Crippen LogP contribution in [-0.4, -0.2) is 19.8 Å². The van der Waals surface area contributed by atoms with Gasteiger partial charge < -0.3 is 9.47 Å². The molecule has 0 unspecified atom stereocenters. The Morgan fingerprint density at radius 1 is 1.12 bits per heavy atom. The number of halogens is 1. The molecule has 0 aromatic heterocycles. The zero-order chi connectivity index (χ0) is 12.3. The van der Waals surface area contributed by atoms with Crippen LogP contribution in [0, 0.1) is 0 Å². The van der Waals surface area contributed by atoms with E-state index in [1.807, 2.05) is 25.1 Å². The molecule has 90 valence electrons. The van der Waals surface area contributed by atoms with Crippen LogP contribution in [0.3, 0.4) is 0 Å². The zero-order valence-electron chi connectivity index (χ0n) is 9.94. The number of ether oxygens (including phenoxy) is 2. The van der Waals surface area contributed by atoms with Crippen molar-refractivity contribution in [3.8, 4) is 5.75 Å². The van der Waals surface area contributed by atoms with Crippen molar-refractivity contribution in [2.45, 2.75) is 13.0 Å². The van der Waals surface area contributed by atoms with E-state index in [0.717, 1.165) is 10.2 Å². The average molecular weight is 295 g/mol. The number of rotatable bonds is 4. The van der Waals surface area contributed by atoms with E-state index >= 15 is 0 Å². The molecule has 0 aliphatic heterocycles. The van der Waals surface area contributed by atoms with Crippen LogP contribution >= 0.6 is 15.9 Å². The molecule has 0 amide bonds. The summed E-state index contributed by atoms with van der Waals surface area (Å²) in [6.45, 7) is 2.59. The minimum absolute atomic E-state index is 0.0629. The Bertz CT molecular complexity index is 511. The fraction of sp³-hybridized carbons (Fsp3) is 0.286. The van der Waals surface area contributed by atoms with E-state index in [0.29, 0.717) is 6.61 Å². The van der Waals surface area contributed by atoms with Crippen molar-refractivity contribution in [2.75, 3.05) is 13.7 Å². The Balaban J connectivity index is 2.23. The molecule has 3 heteroatoms. The molecule has 1 atom stereocenters. The smallest absolute Gasteiger partial charge is 0.120 e. The molecule has 0 heterocycles. The molecule has 0 fully saturated rings. The van der Waals surface area contributed by atoms with E-state index < -0.39 is 0 Å². The van der Waals surface area contributed by atoms with Gasteiger partial charge in [-0.1, -0.05) is 28.1 Å². The Labute approximate surface area is 110 Å². The second-order valence-corrected chi connectivity index (χ2v) is 4.95. The van der Waals surface area contributed by atoms with Gasteiger partial charge in [-0.3, -0.25) is 0 Å². The minimum atomic E-state index is 0.0629. The van der Waals surface area contributed by atoms with E-state index in [4.69, 9.17) is 9.47 Å². The molecular weight excluding hydrogens is 280 g/mol. The Morgan fingerprint density at radius 2 is 1.82 bits per heavy atom. The minimum Gasteiger partial charge on any atom is -0.488 e. The van der Waals surface area contributed by atoms with Crippen molar-refractivity contribution in [1.82, 2.24) is 0 Å². The summed E-state index contributed by atoms with van der Waals surface area (Å²) in [5.41, 5.74) is 0. The molecule has 0 N–H and O–H groups in total. The molecular formula is C14H15BrO2. The molecule has 2 aromatic rings. The van der Waals surface area contributed by atoms with E-state index in [-0.39, 0.29) is 6.10 Å². The maximum absolute atomic E-state index is 5.76. The van der Waals surface area contributed by atoms with Gasteiger partial charge in [0.05, 0.1) is 6.61 Å². The standard InChI is InChI=1S/C14H15BrO2/c1-10(9-16-2)17-14-6-4-11-7-13(15)5-3-12(11)8-14/h3-8,10H,9H2,1-2H3/t10-/m1/s1. The zero-order valence-corrected chi connectivity index (χ0v) is 11.5. The summed E-state index contributed by atoms with van der Waals surface area (Å²) < 4.78 is 11.9. The lowest BCUT2D eigenvalue weighted by Crippen LogP contribution is -2.17. The van der Waals surface area contributed by atoms with Gasteiger partial charge in [0.1, 0.15) is 11.9 Å². The number of methoxy groups -OCH3 is 1. The first-order valence-electron chi connectivity index (χ1n) is 5.54. The highest BCUT2D eigenvalue weighted by Crippen LogP contribution is 2.24. The highest BCUT2D eigenvalue weighted by Gasteiger charge is 2.04. The average Bonchev–Trinajstić information content (AvgIpc) is 2.29. The van der Waals surface area contributed by atoms with Crippen LogP contribution in [0.1, 0.15) is 6.92 Å². The van der Waals surface area contributed by atoms with Gasteiger partial charge in [-0.15, -0.1) is 0 Å². The summed E-state index contributed by atoms with van der Waals surface area (Å²) in [6, 6.07) is 12.3. The third kappa shape index (κ3) is 3.20. The van der Waals surface area contributed by atoms with Crippen molar-refractivity contribution in [1.29, 1.82) is 0 Å². The SMILES string of the molecule is COC[C@@H](C)Oc1ccc2cc(Br)ccc2c1. The largest absolute Gasteiger partial charge is 0.488 e. The van der Waals surface area contributed by atoms with Crippen LogP contribution < -0.4 is 4.74 Å². The van der Waals surface area contributed by atoms with Gasteiger partial charge in [0.2, 0.25) is 0 Å². The van der Waals surface area contributed by atoms with Gasteiger partial charge in [0.15, 0.2) is 0 Å². The van der Waals surface area contributed by atoms with E-state index in [1.54, 1.807) is 7.11 Å². The van der Waals surface area contributed by atoms with Gasteiger partial charge >= 0.3 is 0 Å². The van der Waals surface area contributed by atoms with E-state index in [2.05, 4.69) is 34.1 Å². The van der Waals surface area contributed by atoms with Crippen LogP contribution in [0.2, 0.25) is 0 Å². The highest BCUT2D eigenvalue weighted by atomic mass is 79.9. The molecule has 17 heavy (non-hydrogen) atoms. The molecule has 0 spiro atoms. The van der Waals surface area contributed by atoms with E-state index in [1.165, 1.54) is 10.8 Å². The first kappa shape index (κ1) is 12.4. The van der Waals surface area contributed by atoms with Gasteiger partial charge in [0, 0.05) is 11.6 Å². The third-order valence-corrected chi connectivity index (χ3v) is 3.01. The molecule has 0 radical (unpaired) electrons. The highest BCUT2D eigenvalue weighted by molar-refractivity contribution is 9.10. The van der Waals surface area contributed by atoms with Gasteiger partial charge in [-0.05, 0) is 42.0 Å². The maximum atomic E-state index is 5.76. The van der Waals surface area contributed by atoms with Crippen LogP contribution in [0.15, 0.2) is 40.9 Å². The van der Waals surface area contributed by atoms with Crippen molar-refractivity contribution in [3.05, 3.63) is 40.9 Å². The van der Waals surface area contributed by atoms with Gasteiger partial charge in [0.25, 0.3) is 0 Å². The molecule has 0 aliphatic rings. The van der Waals surface area contributed by atoms with Gasteiger partial charge in [-0.25, -0.2) is 0 Å².